The van der Waals surface area contributed by atoms with Crippen LogP contribution in [-0.2, 0) is 0 Å². The van der Waals surface area contributed by atoms with Gasteiger partial charge in [-0.05, 0) is 24.1 Å². The number of halogens is 2. The summed E-state index contributed by atoms with van der Waals surface area (Å²) in [6.45, 7) is 0. The quantitative estimate of drug-likeness (QED) is 0.600. The molecule has 2 rings (SSSR count). The average Bonchev–Trinajstić information content (AvgIpc) is 2.58. The number of ether oxygens (including phenoxy) is 3. The topological polar surface area (TPSA) is 44.8 Å². The molecule has 0 saturated heterocycles. The lowest BCUT2D eigenvalue weighted by Gasteiger charge is -2.11. The molecule has 2 aromatic carbocycles. The lowest BCUT2D eigenvalue weighted by atomic mass is 10.1. The Morgan fingerprint density at radius 3 is 2.12 bits per heavy atom. The Kier molecular flexibility index (Phi) is 5.97. The van der Waals surface area contributed by atoms with Gasteiger partial charge in [0.25, 0.3) is 0 Å². The van der Waals surface area contributed by atoms with Crippen molar-refractivity contribution in [1.29, 1.82) is 0 Å². The van der Waals surface area contributed by atoms with Crippen molar-refractivity contribution in [2.24, 2.45) is 0 Å². The van der Waals surface area contributed by atoms with Crippen LogP contribution in [0.3, 0.4) is 0 Å². The molecule has 0 amide bonds. The first-order valence-corrected chi connectivity index (χ1v) is 7.57. The molecule has 0 saturated carbocycles. The summed E-state index contributed by atoms with van der Waals surface area (Å²) in [5.41, 5.74) is 0.779. The molecule has 0 bridgehead atoms. The third-order valence-corrected chi connectivity index (χ3v) is 3.74. The molecule has 24 heavy (non-hydrogen) atoms. The van der Waals surface area contributed by atoms with E-state index >= 15 is 0 Å². The van der Waals surface area contributed by atoms with Gasteiger partial charge in [0.1, 0.15) is 5.75 Å². The van der Waals surface area contributed by atoms with Crippen LogP contribution in [0, 0.1) is 11.8 Å². The number of benzene rings is 2. The van der Waals surface area contributed by atoms with Crippen LogP contribution in [0.15, 0.2) is 30.3 Å². The summed E-state index contributed by atoms with van der Waals surface area (Å²) in [5, 5.41) is 0.701. The van der Waals surface area contributed by atoms with Crippen molar-refractivity contribution in [1.82, 2.24) is 0 Å². The average molecular weight is 365 g/mol. The molecule has 4 nitrogen and oxygen atoms in total. The Labute approximate surface area is 150 Å². The predicted molar refractivity (Wildman–Crippen MR) is 93.8 cm³/mol. The van der Waals surface area contributed by atoms with E-state index in [1.54, 1.807) is 18.2 Å². The molecular weight excluding hydrogens is 351 g/mol. The second-order valence-corrected chi connectivity index (χ2v) is 5.45. The first kappa shape index (κ1) is 18.0. The van der Waals surface area contributed by atoms with E-state index in [2.05, 4.69) is 11.8 Å². The van der Waals surface area contributed by atoms with Crippen molar-refractivity contribution < 1.29 is 19.0 Å². The van der Waals surface area contributed by atoms with E-state index in [0.717, 1.165) is 0 Å². The lowest BCUT2D eigenvalue weighted by molar-refractivity contribution is 0.105. The smallest absolute Gasteiger partial charge is 0.237 e. The van der Waals surface area contributed by atoms with Crippen LogP contribution >= 0.6 is 23.2 Å². The molecule has 0 fully saturated rings. The molecule has 0 atom stereocenters. The maximum absolute atomic E-state index is 12.2. The van der Waals surface area contributed by atoms with E-state index in [-0.39, 0.29) is 10.6 Å². The summed E-state index contributed by atoms with van der Waals surface area (Å²) >= 11 is 11.8. The maximum atomic E-state index is 12.2. The number of carbonyl (C=O) groups excluding carboxylic acids is 1. The van der Waals surface area contributed by atoms with Gasteiger partial charge in [0.05, 0.1) is 31.9 Å². The van der Waals surface area contributed by atoms with E-state index < -0.39 is 5.78 Å². The van der Waals surface area contributed by atoms with Crippen molar-refractivity contribution >= 4 is 29.0 Å². The molecule has 2 aromatic rings. The number of rotatable bonds is 4. The van der Waals surface area contributed by atoms with Gasteiger partial charge in [0.15, 0.2) is 11.5 Å². The summed E-state index contributed by atoms with van der Waals surface area (Å²) in [7, 11) is 4.54. The molecule has 0 heterocycles. The summed E-state index contributed by atoms with van der Waals surface area (Å²) in [6, 6.07) is 7.89. The maximum Gasteiger partial charge on any atom is 0.237 e. The molecule has 0 N–H and O–H groups in total. The van der Waals surface area contributed by atoms with Gasteiger partial charge in [-0.25, -0.2) is 0 Å². The summed E-state index contributed by atoms with van der Waals surface area (Å²) in [4.78, 5) is 12.2. The van der Waals surface area contributed by atoms with Crippen LogP contribution in [0.4, 0.5) is 0 Å². The Bertz CT molecular complexity index is 835. The van der Waals surface area contributed by atoms with Gasteiger partial charge in [-0.1, -0.05) is 29.1 Å². The molecule has 6 heteroatoms. The van der Waals surface area contributed by atoms with Crippen LogP contribution in [0.5, 0.6) is 17.2 Å². The minimum atomic E-state index is -0.423. The number of hydrogen-bond acceptors (Lipinski definition) is 4. The number of methoxy groups -OCH3 is 3. The number of hydrogen-bond donors (Lipinski definition) is 0. The van der Waals surface area contributed by atoms with Crippen LogP contribution in [0.2, 0.25) is 10.0 Å². The zero-order chi connectivity index (χ0) is 17.7. The second-order valence-electron chi connectivity index (χ2n) is 4.61. The molecule has 0 aliphatic heterocycles. The Balaban J connectivity index is 2.41. The van der Waals surface area contributed by atoms with Crippen LogP contribution in [0.25, 0.3) is 0 Å². The lowest BCUT2D eigenvalue weighted by Crippen LogP contribution is -1.97. The highest BCUT2D eigenvalue weighted by atomic mass is 35.5. The normalized spacial score (nSPS) is 9.71. The van der Waals surface area contributed by atoms with E-state index in [1.165, 1.54) is 33.5 Å². The van der Waals surface area contributed by atoms with Crippen molar-refractivity contribution in [3.05, 3.63) is 51.5 Å². The molecule has 0 spiro atoms. The highest BCUT2D eigenvalue weighted by Gasteiger charge is 2.12. The van der Waals surface area contributed by atoms with Gasteiger partial charge in [-0.15, -0.1) is 0 Å². The SMILES string of the molecule is COc1cc(OC)c(OC)cc1C#CC(=O)c1ccc(Cl)cc1Cl. The van der Waals surface area contributed by atoms with Crippen molar-refractivity contribution in [3.63, 3.8) is 0 Å². The summed E-state index contributed by atoms with van der Waals surface area (Å²) < 4.78 is 15.7. The highest BCUT2D eigenvalue weighted by Crippen LogP contribution is 2.34. The molecule has 0 radical (unpaired) electrons. The second kappa shape index (κ2) is 7.96. The van der Waals surface area contributed by atoms with Gasteiger partial charge in [-0.3, -0.25) is 4.79 Å². The van der Waals surface area contributed by atoms with Gasteiger partial charge in [0.2, 0.25) is 5.78 Å². The van der Waals surface area contributed by atoms with E-state index in [1.807, 2.05) is 0 Å². The fraction of sp³-hybridized carbons (Fsp3) is 0.167. The standard InChI is InChI=1S/C18H14Cl2O4/c1-22-16-10-18(24-3)17(23-2)8-11(16)4-7-15(21)13-6-5-12(19)9-14(13)20/h5-6,8-10H,1-3H3. The minimum Gasteiger partial charge on any atom is -0.495 e. The van der Waals surface area contributed by atoms with Gasteiger partial charge in [0, 0.05) is 22.7 Å². The Morgan fingerprint density at radius 2 is 1.54 bits per heavy atom. The Hall–Kier alpha value is -2.35. The van der Waals surface area contributed by atoms with E-state index in [0.29, 0.717) is 27.8 Å². The van der Waals surface area contributed by atoms with Gasteiger partial charge < -0.3 is 14.2 Å². The fourth-order valence-corrected chi connectivity index (χ4v) is 2.49. The first-order chi connectivity index (χ1) is 11.5. The zero-order valence-electron chi connectivity index (χ0n) is 13.3. The van der Waals surface area contributed by atoms with Crippen LogP contribution < -0.4 is 14.2 Å². The van der Waals surface area contributed by atoms with Gasteiger partial charge >= 0.3 is 0 Å². The molecule has 124 valence electrons. The number of carbonyl (C=O) groups is 1. The van der Waals surface area contributed by atoms with Crippen LogP contribution in [-0.4, -0.2) is 27.1 Å². The summed E-state index contributed by atoms with van der Waals surface area (Å²) in [5.74, 6) is 6.36. The third kappa shape index (κ3) is 3.94. The minimum absolute atomic E-state index is 0.251. The molecule has 0 aromatic heterocycles. The van der Waals surface area contributed by atoms with Crippen molar-refractivity contribution in [2.75, 3.05) is 21.3 Å². The molecule has 0 aliphatic rings. The van der Waals surface area contributed by atoms with E-state index in [4.69, 9.17) is 37.4 Å². The highest BCUT2D eigenvalue weighted by molar-refractivity contribution is 6.37. The zero-order valence-corrected chi connectivity index (χ0v) is 14.8. The summed E-state index contributed by atoms with van der Waals surface area (Å²) in [6.07, 6.45) is 0. The molecular formula is C18H14Cl2O4. The monoisotopic (exact) mass is 364 g/mol. The van der Waals surface area contributed by atoms with Crippen molar-refractivity contribution in [3.8, 4) is 29.1 Å². The predicted octanol–water partition coefficient (Wildman–Crippen LogP) is 4.25. The Morgan fingerprint density at radius 1 is 0.917 bits per heavy atom. The number of ketones is 1. The fourth-order valence-electron chi connectivity index (χ4n) is 1.99. The third-order valence-electron chi connectivity index (χ3n) is 3.19. The largest absolute Gasteiger partial charge is 0.495 e. The first-order valence-electron chi connectivity index (χ1n) is 6.81. The van der Waals surface area contributed by atoms with Crippen LogP contribution in [0.1, 0.15) is 15.9 Å². The number of Topliss-reactive ketones (excluding diaryl/α,β-unsaturated/α-hetero) is 1. The van der Waals surface area contributed by atoms with E-state index in [9.17, 15) is 4.79 Å². The van der Waals surface area contributed by atoms with Gasteiger partial charge in [-0.2, -0.15) is 0 Å². The molecule has 0 aliphatic carbocycles. The van der Waals surface area contributed by atoms with Crippen molar-refractivity contribution in [2.45, 2.75) is 0 Å². The molecule has 0 unspecified atom stereocenters.